The minimum Gasteiger partial charge on any atom is -0.377 e. The van der Waals surface area contributed by atoms with Crippen LogP contribution in [0, 0.1) is 5.82 Å². The van der Waals surface area contributed by atoms with Gasteiger partial charge in [0.2, 0.25) is 0 Å². The number of rotatable bonds is 5. The van der Waals surface area contributed by atoms with Crippen LogP contribution in [-0.2, 0) is 4.74 Å². The van der Waals surface area contributed by atoms with Gasteiger partial charge in [0.1, 0.15) is 11.6 Å². The molecule has 0 radical (unpaired) electrons. The number of nitrogens with one attached hydrogen (secondary N) is 1. The van der Waals surface area contributed by atoms with Crippen molar-refractivity contribution in [2.24, 2.45) is 0 Å². The predicted octanol–water partition coefficient (Wildman–Crippen LogP) is 2.29. The molecule has 1 N–H and O–H groups in total. The molecule has 1 amide bonds. The fraction of sp³-hybridized carbons (Fsp3) is 0.600. The SMILES string of the molecule is CCCNc1ncc(F)cc1C(=O)N1CCOCC1CC. The molecular formula is C15H22FN3O2. The Balaban J connectivity index is 2.26. The lowest BCUT2D eigenvalue weighted by Gasteiger charge is -2.35. The Hall–Kier alpha value is -1.69. The summed E-state index contributed by atoms with van der Waals surface area (Å²) >= 11 is 0. The lowest BCUT2D eigenvalue weighted by molar-refractivity contribution is -0.00278. The molecule has 1 fully saturated rings. The largest absolute Gasteiger partial charge is 0.377 e. The molecule has 1 saturated heterocycles. The zero-order valence-corrected chi connectivity index (χ0v) is 12.6. The minimum absolute atomic E-state index is 0.0357. The van der Waals surface area contributed by atoms with Crippen LogP contribution in [0.4, 0.5) is 10.2 Å². The van der Waals surface area contributed by atoms with Crippen molar-refractivity contribution in [2.45, 2.75) is 32.7 Å². The average Bonchev–Trinajstić information content (AvgIpc) is 2.53. The molecule has 0 aliphatic carbocycles. The third-order valence-corrected chi connectivity index (χ3v) is 3.59. The molecule has 0 aromatic carbocycles. The van der Waals surface area contributed by atoms with Gasteiger partial charge < -0.3 is 15.0 Å². The summed E-state index contributed by atoms with van der Waals surface area (Å²) in [5, 5.41) is 3.09. The van der Waals surface area contributed by atoms with E-state index in [9.17, 15) is 9.18 Å². The highest BCUT2D eigenvalue weighted by molar-refractivity contribution is 5.99. The molecule has 1 aromatic heterocycles. The first-order chi connectivity index (χ1) is 10.2. The van der Waals surface area contributed by atoms with Gasteiger partial charge in [-0.25, -0.2) is 9.37 Å². The number of amides is 1. The summed E-state index contributed by atoms with van der Waals surface area (Å²) in [5.74, 6) is -0.234. The summed E-state index contributed by atoms with van der Waals surface area (Å²) in [6.07, 6.45) is 2.85. The van der Waals surface area contributed by atoms with Gasteiger partial charge in [-0.2, -0.15) is 0 Å². The first-order valence-corrected chi connectivity index (χ1v) is 7.45. The molecule has 0 saturated carbocycles. The van der Waals surface area contributed by atoms with E-state index in [0.717, 1.165) is 19.0 Å². The van der Waals surface area contributed by atoms with Crippen molar-refractivity contribution in [1.82, 2.24) is 9.88 Å². The van der Waals surface area contributed by atoms with Crippen LogP contribution in [0.3, 0.4) is 0 Å². The second kappa shape index (κ2) is 7.36. The van der Waals surface area contributed by atoms with Gasteiger partial charge in [0.15, 0.2) is 0 Å². The van der Waals surface area contributed by atoms with Crippen LogP contribution in [0.5, 0.6) is 0 Å². The number of carbonyl (C=O) groups is 1. The van der Waals surface area contributed by atoms with Gasteiger partial charge in [-0.1, -0.05) is 13.8 Å². The number of hydrogen-bond donors (Lipinski definition) is 1. The molecule has 2 heterocycles. The number of aromatic nitrogens is 1. The van der Waals surface area contributed by atoms with Gasteiger partial charge in [0.25, 0.3) is 5.91 Å². The Morgan fingerprint density at radius 1 is 1.57 bits per heavy atom. The predicted molar refractivity (Wildman–Crippen MR) is 78.9 cm³/mol. The van der Waals surface area contributed by atoms with Gasteiger partial charge in [-0.05, 0) is 18.9 Å². The van der Waals surface area contributed by atoms with Gasteiger partial charge in [0, 0.05) is 13.1 Å². The highest BCUT2D eigenvalue weighted by atomic mass is 19.1. The molecule has 116 valence electrons. The topological polar surface area (TPSA) is 54.5 Å². The molecular weight excluding hydrogens is 273 g/mol. The third kappa shape index (κ3) is 3.69. The Labute approximate surface area is 124 Å². The van der Waals surface area contributed by atoms with Crippen molar-refractivity contribution in [3.05, 3.63) is 23.6 Å². The van der Waals surface area contributed by atoms with Crippen LogP contribution in [0.1, 0.15) is 37.0 Å². The van der Waals surface area contributed by atoms with Crippen LogP contribution >= 0.6 is 0 Å². The number of pyridine rings is 1. The number of carbonyl (C=O) groups excluding carboxylic acids is 1. The number of halogens is 1. The maximum absolute atomic E-state index is 13.5. The molecule has 5 nitrogen and oxygen atoms in total. The molecule has 6 heteroatoms. The third-order valence-electron chi connectivity index (χ3n) is 3.59. The minimum atomic E-state index is -0.498. The summed E-state index contributed by atoms with van der Waals surface area (Å²) < 4.78 is 18.9. The molecule has 21 heavy (non-hydrogen) atoms. The first kappa shape index (κ1) is 15.7. The van der Waals surface area contributed by atoms with E-state index < -0.39 is 5.82 Å². The molecule has 0 bridgehead atoms. The number of ether oxygens (including phenoxy) is 1. The zero-order valence-electron chi connectivity index (χ0n) is 12.6. The van der Waals surface area contributed by atoms with Crippen molar-refractivity contribution < 1.29 is 13.9 Å². The van der Waals surface area contributed by atoms with E-state index in [1.165, 1.54) is 6.07 Å². The van der Waals surface area contributed by atoms with E-state index in [0.29, 0.717) is 37.7 Å². The monoisotopic (exact) mass is 295 g/mol. The standard InChI is InChI=1S/C15H22FN3O2/c1-3-5-17-14-13(8-11(16)9-18-14)15(20)19-6-7-21-10-12(19)4-2/h8-9,12H,3-7,10H2,1-2H3,(H,17,18). The van der Waals surface area contributed by atoms with Crippen LogP contribution in [0.25, 0.3) is 0 Å². The maximum Gasteiger partial charge on any atom is 0.258 e. The van der Waals surface area contributed by atoms with Crippen molar-refractivity contribution in [3.8, 4) is 0 Å². The number of morpholine rings is 1. The van der Waals surface area contributed by atoms with Gasteiger partial charge in [-0.15, -0.1) is 0 Å². The van der Waals surface area contributed by atoms with E-state index in [2.05, 4.69) is 10.3 Å². The van der Waals surface area contributed by atoms with Gasteiger partial charge in [0.05, 0.1) is 31.0 Å². The summed E-state index contributed by atoms with van der Waals surface area (Å²) in [6.45, 7) is 6.30. The molecule has 2 rings (SSSR count). The van der Waals surface area contributed by atoms with Gasteiger partial charge >= 0.3 is 0 Å². The van der Waals surface area contributed by atoms with Crippen LogP contribution in [-0.4, -0.2) is 48.1 Å². The van der Waals surface area contributed by atoms with Crippen LogP contribution < -0.4 is 5.32 Å². The second-order valence-electron chi connectivity index (χ2n) is 5.11. The molecule has 1 aliphatic heterocycles. The lowest BCUT2D eigenvalue weighted by atomic mass is 10.1. The Kier molecular flexibility index (Phi) is 5.50. The highest BCUT2D eigenvalue weighted by Gasteiger charge is 2.28. The summed E-state index contributed by atoms with van der Waals surface area (Å²) in [4.78, 5) is 18.5. The number of hydrogen-bond acceptors (Lipinski definition) is 4. The quantitative estimate of drug-likeness (QED) is 0.905. The van der Waals surface area contributed by atoms with E-state index in [1.54, 1.807) is 4.90 Å². The van der Waals surface area contributed by atoms with Crippen LogP contribution in [0.2, 0.25) is 0 Å². The number of anilines is 1. The summed E-state index contributed by atoms with van der Waals surface area (Å²) in [6, 6.07) is 1.30. The fourth-order valence-corrected chi connectivity index (χ4v) is 2.40. The van der Waals surface area contributed by atoms with Crippen LogP contribution in [0.15, 0.2) is 12.3 Å². The summed E-state index contributed by atoms with van der Waals surface area (Å²) in [5.41, 5.74) is 0.295. The first-order valence-electron chi connectivity index (χ1n) is 7.45. The van der Waals surface area contributed by atoms with Crippen molar-refractivity contribution in [1.29, 1.82) is 0 Å². The van der Waals surface area contributed by atoms with Crippen molar-refractivity contribution in [2.75, 3.05) is 31.6 Å². The molecule has 0 spiro atoms. The fourth-order valence-electron chi connectivity index (χ4n) is 2.40. The Morgan fingerprint density at radius 2 is 2.38 bits per heavy atom. The molecule has 1 aliphatic rings. The lowest BCUT2D eigenvalue weighted by Crippen LogP contribution is -2.48. The van der Waals surface area contributed by atoms with Crippen molar-refractivity contribution in [3.63, 3.8) is 0 Å². The Morgan fingerprint density at radius 3 is 3.10 bits per heavy atom. The molecule has 1 atom stereocenters. The second-order valence-corrected chi connectivity index (χ2v) is 5.11. The van der Waals surface area contributed by atoms with Crippen molar-refractivity contribution >= 4 is 11.7 Å². The maximum atomic E-state index is 13.5. The summed E-state index contributed by atoms with van der Waals surface area (Å²) in [7, 11) is 0. The average molecular weight is 295 g/mol. The Bertz CT molecular complexity index is 496. The van der Waals surface area contributed by atoms with E-state index in [-0.39, 0.29) is 11.9 Å². The smallest absolute Gasteiger partial charge is 0.258 e. The highest BCUT2D eigenvalue weighted by Crippen LogP contribution is 2.20. The normalized spacial score (nSPS) is 18.6. The van der Waals surface area contributed by atoms with Gasteiger partial charge in [-0.3, -0.25) is 4.79 Å². The molecule has 1 aromatic rings. The zero-order chi connectivity index (χ0) is 15.2. The van der Waals surface area contributed by atoms with E-state index >= 15 is 0 Å². The van der Waals surface area contributed by atoms with E-state index in [1.807, 2.05) is 13.8 Å². The molecule has 1 unspecified atom stereocenters. The number of nitrogens with zero attached hydrogens (tertiary/aromatic N) is 2. The van der Waals surface area contributed by atoms with E-state index in [4.69, 9.17) is 4.74 Å².